The van der Waals surface area contributed by atoms with Crippen molar-refractivity contribution < 1.29 is 4.39 Å². The van der Waals surface area contributed by atoms with E-state index in [0.717, 1.165) is 10.9 Å². The molecule has 4 heteroatoms. The number of rotatable bonds is 2. The van der Waals surface area contributed by atoms with Crippen molar-refractivity contribution in [3.8, 4) is 5.69 Å². The van der Waals surface area contributed by atoms with Gasteiger partial charge in [-0.05, 0) is 55.1 Å². The Morgan fingerprint density at radius 2 is 1.82 bits per heavy atom. The standard InChI is InChI=1S/C18H17FN2O/c1-11-4-3-5-13-10-16(12(2)20)21(18(22)17(11)13)15-8-6-14(19)7-9-15/h3-10,12H,20H2,1-2H3. The highest BCUT2D eigenvalue weighted by atomic mass is 19.1. The van der Waals surface area contributed by atoms with E-state index in [1.807, 2.05) is 38.1 Å². The fraction of sp³-hybridized carbons (Fsp3) is 0.167. The predicted molar refractivity (Wildman–Crippen MR) is 86.8 cm³/mol. The molecule has 0 aliphatic rings. The van der Waals surface area contributed by atoms with Crippen LogP contribution >= 0.6 is 0 Å². The highest BCUT2D eigenvalue weighted by Crippen LogP contribution is 2.22. The molecule has 22 heavy (non-hydrogen) atoms. The lowest BCUT2D eigenvalue weighted by Crippen LogP contribution is -2.26. The summed E-state index contributed by atoms with van der Waals surface area (Å²) in [5.74, 6) is -0.337. The van der Waals surface area contributed by atoms with Gasteiger partial charge in [0, 0.05) is 17.4 Å². The average Bonchev–Trinajstić information content (AvgIpc) is 2.48. The summed E-state index contributed by atoms with van der Waals surface area (Å²) in [6, 6.07) is 13.2. The molecule has 0 fully saturated rings. The van der Waals surface area contributed by atoms with Crippen molar-refractivity contribution in [3.05, 3.63) is 76.0 Å². The summed E-state index contributed by atoms with van der Waals surface area (Å²) in [7, 11) is 0. The molecule has 1 atom stereocenters. The van der Waals surface area contributed by atoms with Crippen molar-refractivity contribution in [1.29, 1.82) is 0 Å². The van der Waals surface area contributed by atoms with Gasteiger partial charge in [-0.1, -0.05) is 18.2 Å². The first-order valence-electron chi connectivity index (χ1n) is 7.16. The molecular weight excluding hydrogens is 279 g/mol. The zero-order valence-corrected chi connectivity index (χ0v) is 12.5. The Morgan fingerprint density at radius 1 is 1.14 bits per heavy atom. The van der Waals surface area contributed by atoms with Crippen molar-refractivity contribution in [1.82, 2.24) is 4.57 Å². The third-order valence-corrected chi connectivity index (χ3v) is 3.83. The summed E-state index contributed by atoms with van der Waals surface area (Å²) < 4.78 is 14.7. The molecule has 2 aromatic carbocycles. The van der Waals surface area contributed by atoms with E-state index >= 15 is 0 Å². The van der Waals surface area contributed by atoms with Crippen LogP contribution in [0.3, 0.4) is 0 Å². The van der Waals surface area contributed by atoms with Crippen LogP contribution in [-0.2, 0) is 0 Å². The minimum absolute atomic E-state index is 0.130. The third-order valence-electron chi connectivity index (χ3n) is 3.83. The molecule has 3 rings (SSSR count). The molecule has 0 radical (unpaired) electrons. The SMILES string of the molecule is Cc1cccc2cc(C(C)N)n(-c3ccc(F)cc3)c(=O)c12. The van der Waals surface area contributed by atoms with Gasteiger partial charge in [-0.25, -0.2) is 4.39 Å². The molecule has 0 saturated heterocycles. The fourth-order valence-electron chi connectivity index (χ4n) is 2.75. The summed E-state index contributed by atoms with van der Waals surface area (Å²) >= 11 is 0. The zero-order valence-electron chi connectivity index (χ0n) is 12.5. The molecule has 0 aliphatic carbocycles. The van der Waals surface area contributed by atoms with E-state index in [1.165, 1.54) is 12.1 Å². The van der Waals surface area contributed by atoms with Gasteiger partial charge in [0.15, 0.2) is 0 Å². The summed E-state index contributed by atoms with van der Waals surface area (Å²) in [5.41, 5.74) is 8.15. The first-order chi connectivity index (χ1) is 10.5. The van der Waals surface area contributed by atoms with Crippen LogP contribution in [0.15, 0.2) is 53.3 Å². The number of aromatic nitrogens is 1. The number of pyridine rings is 1. The van der Waals surface area contributed by atoms with Crippen molar-refractivity contribution in [3.63, 3.8) is 0 Å². The Bertz CT molecular complexity index is 895. The van der Waals surface area contributed by atoms with Gasteiger partial charge in [0.05, 0.1) is 5.39 Å². The monoisotopic (exact) mass is 296 g/mol. The fourth-order valence-corrected chi connectivity index (χ4v) is 2.75. The molecule has 1 aromatic heterocycles. The number of halogens is 1. The Balaban J connectivity index is 2.43. The van der Waals surface area contributed by atoms with Crippen LogP contribution in [0.25, 0.3) is 16.5 Å². The largest absolute Gasteiger partial charge is 0.323 e. The van der Waals surface area contributed by atoms with E-state index in [-0.39, 0.29) is 17.4 Å². The Morgan fingerprint density at radius 3 is 2.45 bits per heavy atom. The lowest BCUT2D eigenvalue weighted by Gasteiger charge is -2.18. The maximum Gasteiger partial charge on any atom is 0.263 e. The number of nitrogens with zero attached hydrogens (tertiary/aromatic N) is 1. The van der Waals surface area contributed by atoms with Crippen molar-refractivity contribution >= 4 is 10.8 Å². The van der Waals surface area contributed by atoms with Gasteiger partial charge in [-0.15, -0.1) is 0 Å². The molecule has 0 amide bonds. The Labute approximate surface area is 127 Å². The van der Waals surface area contributed by atoms with E-state index in [1.54, 1.807) is 16.7 Å². The minimum Gasteiger partial charge on any atom is -0.323 e. The number of aryl methyl sites for hydroxylation is 1. The lowest BCUT2D eigenvalue weighted by molar-refractivity contribution is 0.627. The Kier molecular flexibility index (Phi) is 3.54. The molecule has 112 valence electrons. The maximum absolute atomic E-state index is 13.2. The van der Waals surface area contributed by atoms with Crippen LogP contribution < -0.4 is 11.3 Å². The molecule has 3 nitrogen and oxygen atoms in total. The zero-order chi connectivity index (χ0) is 15.9. The van der Waals surface area contributed by atoms with Crippen LogP contribution in [0.5, 0.6) is 0 Å². The summed E-state index contributed by atoms with van der Waals surface area (Å²) in [4.78, 5) is 13.0. The van der Waals surface area contributed by atoms with Crippen molar-refractivity contribution in [2.45, 2.75) is 19.9 Å². The van der Waals surface area contributed by atoms with E-state index in [2.05, 4.69) is 0 Å². The highest BCUT2D eigenvalue weighted by Gasteiger charge is 2.15. The summed E-state index contributed by atoms with van der Waals surface area (Å²) in [6.45, 7) is 3.74. The first-order valence-corrected chi connectivity index (χ1v) is 7.16. The van der Waals surface area contributed by atoms with Crippen molar-refractivity contribution in [2.75, 3.05) is 0 Å². The number of hydrogen-bond donors (Lipinski definition) is 1. The van der Waals surface area contributed by atoms with Crippen LogP contribution in [0, 0.1) is 12.7 Å². The quantitative estimate of drug-likeness (QED) is 0.787. The number of nitrogens with two attached hydrogens (primary N) is 1. The van der Waals surface area contributed by atoms with Crippen molar-refractivity contribution in [2.24, 2.45) is 5.73 Å². The van der Waals surface area contributed by atoms with E-state index in [4.69, 9.17) is 5.73 Å². The van der Waals surface area contributed by atoms with Crippen LogP contribution in [0.2, 0.25) is 0 Å². The number of benzene rings is 2. The van der Waals surface area contributed by atoms with E-state index in [9.17, 15) is 9.18 Å². The molecule has 1 unspecified atom stereocenters. The van der Waals surface area contributed by atoms with E-state index < -0.39 is 0 Å². The second kappa shape index (κ2) is 5.39. The van der Waals surface area contributed by atoms with Gasteiger partial charge in [-0.3, -0.25) is 9.36 Å². The van der Waals surface area contributed by atoms with Gasteiger partial charge >= 0.3 is 0 Å². The molecule has 1 heterocycles. The molecule has 3 aromatic rings. The van der Waals surface area contributed by atoms with Crippen LogP contribution in [-0.4, -0.2) is 4.57 Å². The summed E-state index contributed by atoms with van der Waals surface area (Å²) in [5, 5.41) is 1.53. The second-order valence-electron chi connectivity index (χ2n) is 5.51. The average molecular weight is 296 g/mol. The summed E-state index contributed by atoms with van der Waals surface area (Å²) in [6.07, 6.45) is 0. The molecule has 0 spiro atoms. The highest BCUT2D eigenvalue weighted by molar-refractivity contribution is 5.85. The van der Waals surface area contributed by atoms with Crippen LogP contribution in [0.4, 0.5) is 4.39 Å². The van der Waals surface area contributed by atoms with E-state index in [0.29, 0.717) is 16.8 Å². The van der Waals surface area contributed by atoms with Crippen LogP contribution in [0.1, 0.15) is 24.2 Å². The normalized spacial score (nSPS) is 12.5. The molecule has 0 aliphatic heterocycles. The van der Waals surface area contributed by atoms with Gasteiger partial charge in [0.2, 0.25) is 0 Å². The van der Waals surface area contributed by atoms with Gasteiger partial charge in [0.1, 0.15) is 5.82 Å². The lowest BCUT2D eigenvalue weighted by atomic mass is 10.0. The topological polar surface area (TPSA) is 48.0 Å². The van der Waals surface area contributed by atoms with Gasteiger partial charge < -0.3 is 5.73 Å². The van der Waals surface area contributed by atoms with Gasteiger partial charge in [0.25, 0.3) is 5.56 Å². The molecule has 0 bridgehead atoms. The molecular formula is C18H17FN2O. The predicted octanol–water partition coefficient (Wildman–Crippen LogP) is 3.46. The number of hydrogen-bond acceptors (Lipinski definition) is 2. The molecule has 2 N–H and O–H groups in total. The number of fused-ring (bicyclic) bond motifs is 1. The second-order valence-corrected chi connectivity index (χ2v) is 5.51. The molecule has 0 saturated carbocycles. The Hall–Kier alpha value is -2.46. The smallest absolute Gasteiger partial charge is 0.263 e. The minimum atomic E-state index is -0.337. The maximum atomic E-state index is 13.2. The first kappa shape index (κ1) is 14.5. The van der Waals surface area contributed by atoms with Gasteiger partial charge in [-0.2, -0.15) is 0 Å². The third kappa shape index (κ3) is 2.31.